The van der Waals surface area contributed by atoms with Gasteiger partial charge in [0.2, 0.25) is 0 Å². The van der Waals surface area contributed by atoms with Crippen molar-refractivity contribution in [3.05, 3.63) is 0 Å². The summed E-state index contributed by atoms with van der Waals surface area (Å²) >= 11 is 2.38. The van der Waals surface area contributed by atoms with Crippen LogP contribution in [0.15, 0.2) is 0 Å². The minimum absolute atomic E-state index is 0.0697. The highest BCUT2D eigenvalue weighted by atomic mass is 127. The molecule has 0 rings (SSSR count). The third kappa shape index (κ3) is 7.55. The molecule has 0 bridgehead atoms. The normalized spacial score (nSPS) is 17.5. The van der Waals surface area contributed by atoms with Gasteiger partial charge in [0.1, 0.15) is 0 Å². The third-order valence-electron chi connectivity index (χ3n) is 1.98. The van der Waals surface area contributed by atoms with Crippen LogP contribution in [0.5, 0.6) is 0 Å². The Morgan fingerprint density at radius 3 is 2.17 bits per heavy atom. The lowest BCUT2D eigenvalue weighted by molar-refractivity contribution is 0.484. The molecule has 1 atom stereocenters. The first-order valence-electron chi connectivity index (χ1n) is 4.62. The molecule has 0 aromatic carbocycles. The van der Waals surface area contributed by atoms with Crippen molar-refractivity contribution in [3.63, 3.8) is 0 Å². The van der Waals surface area contributed by atoms with E-state index in [9.17, 15) is 0 Å². The number of hydrogen-bond acceptors (Lipinski definition) is 1. The fourth-order valence-electron chi connectivity index (χ4n) is 1.09. The largest absolute Gasteiger partial charge is 0.325 e. The summed E-state index contributed by atoms with van der Waals surface area (Å²) < 4.78 is 1.07. The molecule has 0 spiro atoms. The van der Waals surface area contributed by atoms with Crippen LogP contribution < -0.4 is 5.73 Å². The van der Waals surface area contributed by atoms with E-state index in [1.165, 1.54) is 18.9 Å². The van der Waals surface area contributed by atoms with Crippen LogP contribution in [0.25, 0.3) is 0 Å². The van der Waals surface area contributed by atoms with Crippen molar-refractivity contribution in [3.8, 4) is 0 Å². The van der Waals surface area contributed by atoms with Crippen molar-refractivity contribution in [1.82, 2.24) is 0 Å². The molecule has 0 fully saturated rings. The van der Waals surface area contributed by atoms with Crippen LogP contribution in [0.3, 0.4) is 0 Å². The first-order valence-corrected chi connectivity index (χ1v) is 9.85. The average Bonchev–Trinajstić information content (AvgIpc) is 1.84. The molecule has 74 valence electrons. The van der Waals surface area contributed by atoms with E-state index in [0.29, 0.717) is 0 Å². The summed E-state index contributed by atoms with van der Waals surface area (Å²) in [5.74, 6) is 0. The second-order valence-electron chi connectivity index (χ2n) is 5.20. The molecule has 0 aromatic heterocycles. The Hall–Kier alpha value is 0.907. The molecule has 0 saturated heterocycles. The molecule has 0 aliphatic carbocycles. The molecular weight excluding hydrogens is 277 g/mol. The second-order valence-corrected chi connectivity index (χ2v) is 11.6. The molecule has 1 unspecified atom stereocenters. The van der Waals surface area contributed by atoms with Gasteiger partial charge in [0.05, 0.1) is 0 Å². The van der Waals surface area contributed by atoms with Crippen molar-refractivity contribution >= 4 is 30.7 Å². The van der Waals surface area contributed by atoms with Gasteiger partial charge in [-0.05, 0) is 13.3 Å². The van der Waals surface area contributed by atoms with Gasteiger partial charge in [-0.25, -0.2) is 0 Å². The molecule has 0 aliphatic rings. The van der Waals surface area contributed by atoms with Crippen molar-refractivity contribution in [2.75, 3.05) is 4.43 Å². The Balaban J connectivity index is 3.57. The Bertz CT molecular complexity index is 129. The molecular formula is C9H22INSi. The van der Waals surface area contributed by atoms with Crippen molar-refractivity contribution in [2.24, 2.45) is 5.73 Å². The second kappa shape index (κ2) is 4.96. The first-order chi connectivity index (χ1) is 5.27. The summed E-state index contributed by atoms with van der Waals surface area (Å²) in [5, 5.41) is 0. The smallest absolute Gasteiger partial charge is 0.0442 e. The van der Waals surface area contributed by atoms with Gasteiger partial charge in [-0.2, -0.15) is 0 Å². The van der Waals surface area contributed by atoms with Crippen LogP contribution in [-0.2, 0) is 0 Å². The molecule has 0 aromatic rings. The van der Waals surface area contributed by atoms with Crippen LogP contribution in [0.2, 0.25) is 25.7 Å². The molecule has 2 N–H and O–H groups in total. The van der Waals surface area contributed by atoms with Crippen LogP contribution >= 0.6 is 22.6 Å². The standard InChI is InChI=1S/C9H22INSi/c1-9(11,8-10)6-5-7-12(2,3)4/h5-8,11H2,1-4H3. The number of rotatable bonds is 5. The maximum atomic E-state index is 6.05. The zero-order valence-electron chi connectivity index (χ0n) is 8.78. The maximum Gasteiger partial charge on any atom is 0.0442 e. The van der Waals surface area contributed by atoms with Gasteiger partial charge in [0.15, 0.2) is 0 Å². The number of nitrogens with two attached hydrogens (primary N) is 1. The predicted octanol–water partition coefficient (Wildman–Crippen LogP) is 3.26. The van der Waals surface area contributed by atoms with E-state index in [-0.39, 0.29) is 5.54 Å². The molecule has 0 aliphatic heterocycles. The summed E-state index contributed by atoms with van der Waals surface area (Å²) in [6.07, 6.45) is 2.49. The summed E-state index contributed by atoms with van der Waals surface area (Å²) in [7, 11) is -0.828. The van der Waals surface area contributed by atoms with Crippen LogP contribution in [0.1, 0.15) is 19.8 Å². The van der Waals surface area contributed by atoms with Crippen molar-refractivity contribution in [1.29, 1.82) is 0 Å². The lowest BCUT2D eigenvalue weighted by Crippen LogP contribution is -2.38. The molecule has 12 heavy (non-hydrogen) atoms. The summed E-state index contributed by atoms with van der Waals surface area (Å²) in [6.45, 7) is 9.42. The topological polar surface area (TPSA) is 26.0 Å². The maximum absolute atomic E-state index is 6.05. The number of halogens is 1. The van der Waals surface area contributed by atoms with Gasteiger partial charge < -0.3 is 5.73 Å². The zero-order valence-corrected chi connectivity index (χ0v) is 11.9. The molecule has 0 heterocycles. The molecule has 3 heteroatoms. The fraction of sp³-hybridized carbons (Fsp3) is 1.00. The third-order valence-corrected chi connectivity index (χ3v) is 5.58. The quantitative estimate of drug-likeness (QED) is 0.471. The van der Waals surface area contributed by atoms with E-state index in [2.05, 4.69) is 49.2 Å². The van der Waals surface area contributed by atoms with E-state index in [4.69, 9.17) is 5.73 Å². The zero-order chi connectivity index (χ0) is 9.83. The summed E-state index contributed by atoms with van der Waals surface area (Å²) in [6, 6.07) is 1.41. The van der Waals surface area contributed by atoms with Gasteiger partial charge >= 0.3 is 0 Å². The van der Waals surface area contributed by atoms with Gasteiger partial charge in [0, 0.05) is 18.0 Å². The Kier molecular flexibility index (Phi) is 5.33. The van der Waals surface area contributed by atoms with Gasteiger partial charge in [-0.3, -0.25) is 0 Å². The van der Waals surface area contributed by atoms with E-state index in [0.717, 1.165) is 4.43 Å². The molecule has 0 amide bonds. The number of hydrogen-bond donors (Lipinski definition) is 1. The highest BCUT2D eigenvalue weighted by Gasteiger charge is 2.18. The average molecular weight is 299 g/mol. The molecule has 0 radical (unpaired) electrons. The van der Waals surface area contributed by atoms with Gasteiger partial charge in [-0.15, -0.1) is 0 Å². The molecule has 1 nitrogen and oxygen atoms in total. The van der Waals surface area contributed by atoms with E-state index < -0.39 is 8.07 Å². The Morgan fingerprint density at radius 2 is 1.83 bits per heavy atom. The first kappa shape index (κ1) is 12.9. The summed E-state index contributed by atoms with van der Waals surface area (Å²) in [5.41, 5.74) is 6.12. The highest BCUT2D eigenvalue weighted by molar-refractivity contribution is 14.1. The fourth-order valence-corrected chi connectivity index (χ4v) is 2.71. The van der Waals surface area contributed by atoms with Crippen LogP contribution in [0, 0.1) is 0 Å². The monoisotopic (exact) mass is 299 g/mol. The SMILES string of the molecule is CC(N)(CI)CCC[Si](C)(C)C. The highest BCUT2D eigenvalue weighted by Crippen LogP contribution is 2.18. The van der Waals surface area contributed by atoms with Crippen LogP contribution in [0.4, 0.5) is 0 Å². The minimum atomic E-state index is -0.828. The Morgan fingerprint density at radius 1 is 1.33 bits per heavy atom. The lowest BCUT2D eigenvalue weighted by Gasteiger charge is -2.23. The van der Waals surface area contributed by atoms with Crippen LogP contribution in [-0.4, -0.2) is 18.0 Å². The van der Waals surface area contributed by atoms with Gasteiger partial charge in [-0.1, -0.05) is 54.7 Å². The predicted molar refractivity (Wildman–Crippen MR) is 68.9 cm³/mol. The van der Waals surface area contributed by atoms with Crippen molar-refractivity contribution < 1.29 is 0 Å². The Labute approximate surface area is 91.6 Å². The molecule has 0 saturated carbocycles. The number of alkyl halides is 1. The van der Waals surface area contributed by atoms with E-state index in [1.807, 2.05) is 0 Å². The van der Waals surface area contributed by atoms with Crippen molar-refractivity contribution in [2.45, 2.75) is 51.0 Å². The summed E-state index contributed by atoms with van der Waals surface area (Å²) in [4.78, 5) is 0. The minimum Gasteiger partial charge on any atom is -0.325 e. The van der Waals surface area contributed by atoms with Gasteiger partial charge in [0.25, 0.3) is 0 Å². The van der Waals surface area contributed by atoms with E-state index >= 15 is 0 Å². The van der Waals surface area contributed by atoms with E-state index in [1.54, 1.807) is 0 Å². The lowest BCUT2D eigenvalue weighted by atomic mass is 10.0.